The maximum Gasteiger partial charge on any atom is 0.126 e. The molecule has 1 aliphatic rings. The number of hydrogen-bond acceptors (Lipinski definition) is 4. The minimum atomic E-state index is -0.790. The number of nitrogens with two attached hydrogens (primary N) is 1. The molecule has 1 aromatic carbocycles. The lowest BCUT2D eigenvalue weighted by Gasteiger charge is -2.40. The highest BCUT2D eigenvalue weighted by Crippen LogP contribution is 2.45. The average molecular weight is 286 g/mol. The number of hydrogen-bond donors (Lipinski definition) is 2. The molecule has 0 bridgehead atoms. The molecule has 1 fully saturated rings. The van der Waals surface area contributed by atoms with Gasteiger partial charge in [-0.05, 0) is 25.0 Å². The fourth-order valence-electron chi connectivity index (χ4n) is 2.63. The van der Waals surface area contributed by atoms with Crippen molar-refractivity contribution >= 4 is 11.6 Å². The van der Waals surface area contributed by atoms with Gasteiger partial charge in [0.25, 0.3) is 0 Å². The highest BCUT2D eigenvalue weighted by atomic mass is 35.5. The third kappa shape index (κ3) is 2.72. The van der Waals surface area contributed by atoms with E-state index < -0.39 is 11.5 Å². The molecule has 106 valence electrons. The van der Waals surface area contributed by atoms with Crippen LogP contribution in [0.1, 0.15) is 24.5 Å². The minimum absolute atomic E-state index is 0.350. The molecular formula is C14H20ClNO3. The first-order valence-electron chi connectivity index (χ1n) is 6.43. The van der Waals surface area contributed by atoms with Crippen LogP contribution in [0.25, 0.3) is 0 Å². The Morgan fingerprint density at radius 2 is 2.37 bits per heavy atom. The molecule has 5 heteroatoms. The van der Waals surface area contributed by atoms with Crippen LogP contribution in [0.3, 0.4) is 0 Å². The molecule has 4 nitrogen and oxygen atoms in total. The molecule has 0 aromatic heterocycles. The zero-order chi connectivity index (χ0) is 13.9. The molecule has 0 radical (unpaired) electrons. The van der Waals surface area contributed by atoms with Crippen LogP contribution in [-0.2, 0) is 4.74 Å². The van der Waals surface area contributed by atoms with E-state index in [9.17, 15) is 5.11 Å². The van der Waals surface area contributed by atoms with Crippen molar-refractivity contribution in [2.45, 2.75) is 18.9 Å². The molecule has 1 aliphatic heterocycles. The summed E-state index contributed by atoms with van der Waals surface area (Å²) in [6.07, 6.45) is 0.918. The number of aliphatic hydroxyl groups excluding tert-OH is 1. The minimum Gasteiger partial charge on any atom is -0.496 e. The van der Waals surface area contributed by atoms with Crippen LogP contribution >= 0.6 is 11.6 Å². The molecule has 1 saturated heterocycles. The van der Waals surface area contributed by atoms with Crippen LogP contribution in [-0.4, -0.2) is 32.0 Å². The zero-order valence-corrected chi connectivity index (χ0v) is 11.8. The highest BCUT2D eigenvalue weighted by molar-refractivity contribution is 6.31. The van der Waals surface area contributed by atoms with Gasteiger partial charge >= 0.3 is 0 Å². The van der Waals surface area contributed by atoms with Crippen molar-refractivity contribution in [1.29, 1.82) is 0 Å². The molecule has 0 aliphatic carbocycles. The Morgan fingerprint density at radius 3 is 2.95 bits per heavy atom. The molecule has 2 atom stereocenters. The predicted octanol–water partition coefficient (Wildman–Crippen LogP) is 2.14. The quantitative estimate of drug-likeness (QED) is 0.889. The maximum absolute atomic E-state index is 10.8. The molecule has 19 heavy (non-hydrogen) atoms. The van der Waals surface area contributed by atoms with Crippen molar-refractivity contribution in [3.63, 3.8) is 0 Å². The van der Waals surface area contributed by atoms with Crippen LogP contribution in [0.4, 0.5) is 0 Å². The summed E-state index contributed by atoms with van der Waals surface area (Å²) in [6, 6.07) is 5.33. The van der Waals surface area contributed by atoms with Gasteiger partial charge in [-0.25, -0.2) is 0 Å². The van der Waals surface area contributed by atoms with Gasteiger partial charge in [0.05, 0.1) is 24.8 Å². The number of benzene rings is 1. The fraction of sp³-hybridized carbons (Fsp3) is 0.571. The Balaban J connectivity index is 2.39. The molecule has 2 unspecified atom stereocenters. The SMILES string of the molecule is COc1cccc(Cl)c1C(O)C1(CN)CCCOC1. The van der Waals surface area contributed by atoms with Crippen LogP contribution in [0.15, 0.2) is 18.2 Å². The maximum atomic E-state index is 10.8. The topological polar surface area (TPSA) is 64.7 Å². The van der Waals surface area contributed by atoms with E-state index in [-0.39, 0.29) is 0 Å². The van der Waals surface area contributed by atoms with E-state index in [1.807, 2.05) is 0 Å². The van der Waals surface area contributed by atoms with Gasteiger partial charge in [-0.2, -0.15) is 0 Å². The van der Waals surface area contributed by atoms with Crippen LogP contribution < -0.4 is 10.5 Å². The van der Waals surface area contributed by atoms with E-state index in [2.05, 4.69) is 0 Å². The Hall–Kier alpha value is -0.810. The van der Waals surface area contributed by atoms with Gasteiger partial charge in [-0.3, -0.25) is 0 Å². The molecule has 0 spiro atoms. The van der Waals surface area contributed by atoms with E-state index >= 15 is 0 Å². The Kier molecular flexibility index (Phi) is 4.68. The monoisotopic (exact) mass is 285 g/mol. The number of rotatable bonds is 4. The summed E-state index contributed by atoms with van der Waals surface area (Å²) >= 11 is 6.22. The van der Waals surface area contributed by atoms with E-state index in [0.29, 0.717) is 36.1 Å². The van der Waals surface area contributed by atoms with Crippen molar-refractivity contribution in [3.8, 4) is 5.75 Å². The second-order valence-corrected chi connectivity index (χ2v) is 5.39. The highest BCUT2D eigenvalue weighted by Gasteiger charge is 2.41. The third-order valence-electron chi connectivity index (χ3n) is 3.85. The van der Waals surface area contributed by atoms with Crippen molar-refractivity contribution in [3.05, 3.63) is 28.8 Å². The largest absolute Gasteiger partial charge is 0.496 e. The number of halogens is 1. The lowest BCUT2D eigenvalue weighted by molar-refractivity contribution is -0.0787. The second kappa shape index (κ2) is 6.09. The van der Waals surface area contributed by atoms with Gasteiger partial charge in [0, 0.05) is 24.1 Å². The standard InChI is InChI=1S/C14H20ClNO3/c1-18-11-5-2-4-10(15)12(11)13(17)14(8-16)6-3-7-19-9-14/h2,4-5,13,17H,3,6-9,16H2,1H3. The molecular weight excluding hydrogens is 266 g/mol. The lowest BCUT2D eigenvalue weighted by Crippen LogP contribution is -2.43. The smallest absolute Gasteiger partial charge is 0.126 e. The van der Waals surface area contributed by atoms with Gasteiger partial charge < -0.3 is 20.3 Å². The normalized spacial score (nSPS) is 25.1. The Labute approximate surface area is 118 Å². The lowest BCUT2D eigenvalue weighted by atomic mass is 9.74. The zero-order valence-electron chi connectivity index (χ0n) is 11.1. The summed E-state index contributed by atoms with van der Waals surface area (Å²) in [7, 11) is 1.56. The van der Waals surface area contributed by atoms with Gasteiger partial charge in [0.2, 0.25) is 0 Å². The molecule has 0 saturated carbocycles. The molecule has 2 rings (SSSR count). The van der Waals surface area contributed by atoms with Crippen LogP contribution in [0.5, 0.6) is 5.75 Å². The first kappa shape index (κ1) is 14.6. The Morgan fingerprint density at radius 1 is 1.58 bits per heavy atom. The number of aliphatic hydroxyl groups is 1. The first-order chi connectivity index (χ1) is 9.14. The first-order valence-corrected chi connectivity index (χ1v) is 6.81. The van der Waals surface area contributed by atoms with Crippen molar-refractivity contribution < 1.29 is 14.6 Å². The fourth-order valence-corrected chi connectivity index (χ4v) is 2.90. The third-order valence-corrected chi connectivity index (χ3v) is 4.18. The molecule has 3 N–H and O–H groups in total. The van der Waals surface area contributed by atoms with Crippen molar-refractivity contribution in [1.82, 2.24) is 0 Å². The average Bonchev–Trinajstić information content (AvgIpc) is 2.47. The van der Waals surface area contributed by atoms with Crippen LogP contribution in [0, 0.1) is 5.41 Å². The summed E-state index contributed by atoms with van der Waals surface area (Å²) in [4.78, 5) is 0. The van der Waals surface area contributed by atoms with Gasteiger partial charge in [-0.1, -0.05) is 17.7 Å². The summed E-state index contributed by atoms with van der Waals surface area (Å²) in [6.45, 7) is 1.51. The van der Waals surface area contributed by atoms with E-state index in [1.54, 1.807) is 25.3 Å². The molecule has 0 amide bonds. The van der Waals surface area contributed by atoms with E-state index in [1.165, 1.54) is 0 Å². The van der Waals surface area contributed by atoms with E-state index in [0.717, 1.165) is 12.8 Å². The number of methoxy groups -OCH3 is 1. The molecule has 1 aromatic rings. The predicted molar refractivity (Wildman–Crippen MR) is 74.5 cm³/mol. The second-order valence-electron chi connectivity index (χ2n) is 4.98. The van der Waals surface area contributed by atoms with Gasteiger partial charge in [-0.15, -0.1) is 0 Å². The Bertz CT molecular complexity index is 433. The number of ether oxygens (including phenoxy) is 2. The summed E-state index contributed by atoms with van der Waals surface area (Å²) in [5, 5.41) is 11.3. The van der Waals surface area contributed by atoms with Crippen molar-refractivity contribution in [2.75, 3.05) is 26.9 Å². The van der Waals surface area contributed by atoms with E-state index in [4.69, 9.17) is 26.8 Å². The summed E-state index contributed by atoms with van der Waals surface area (Å²) in [5.41, 5.74) is 6.00. The summed E-state index contributed by atoms with van der Waals surface area (Å²) < 4.78 is 10.8. The van der Waals surface area contributed by atoms with Gasteiger partial charge in [0.15, 0.2) is 0 Å². The summed E-state index contributed by atoms with van der Waals surface area (Å²) in [5.74, 6) is 0.582. The van der Waals surface area contributed by atoms with Crippen LogP contribution in [0.2, 0.25) is 5.02 Å². The van der Waals surface area contributed by atoms with Crippen molar-refractivity contribution in [2.24, 2.45) is 11.1 Å². The van der Waals surface area contributed by atoms with Gasteiger partial charge in [0.1, 0.15) is 5.75 Å². The molecule has 1 heterocycles.